The Morgan fingerprint density at radius 1 is 1.19 bits per heavy atom. The molecule has 0 radical (unpaired) electrons. The zero-order valence-corrected chi connectivity index (χ0v) is 20.1. The van der Waals surface area contributed by atoms with Crippen molar-refractivity contribution in [2.24, 2.45) is 0 Å². The average molecular weight is 492 g/mol. The molecule has 0 saturated carbocycles. The van der Waals surface area contributed by atoms with Crippen LogP contribution < -0.4 is 15.0 Å². The molecule has 2 atom stereocenters. The minimum Gasteiger partial charge on any atom is -0.486 e. The van der Waals surface area contributed by atoms with Gasteiger partial charge in [0.1, 0.15) is 12.3 Å². The number of anilines is 2. The van der Waals surface area contributed by atoms with Gasteiger partial charge in [-0.15, -0.1) is 5.10 Å². The van der Waals surface area contributed by atoms with E-state index in [4.69, 9.17) is 24.2 Å². The van der Waals surface area contributed by atoms with Crippen LogP contribution in [0.15, 0.2) is 30.5 Å². The summed E-state index contributed by atoms with van der Waals surface area (Å²) in [5.41, 5.74) is 2.40. The van der Waals surface area contributed by atoms with Crippen molar-refractivity contribution >= 4 is 28.8 Å². The fraction of sp³-hybridized carbons (Fsp3) is 0.391. The zero-order chi connectivity index (χ0) is 24.8. The van der Waals surface area contributed by atoms with Crippen LogP contribution in [0.1, 0.15) is 23.1 Å². The molecule has 4 aromatic rings. The van der Waals surface area contributed by atoms with E-state index in [0.29, 0.717) is 49.0 Å². The highest BCUT2D eigenvalue weighted by molar-refractivity contribution is 5.86. The molecule has 0 bridgehead atoms. The van der Waals surface area contributed by atoms with Gasteiger partial charge in [0.2, 0.25) is 11.9 Å². The van der Waals surface area contributed by atoms with E-state index < -0.39 is 5.97 Å². The monoisotopic (exact) mass is 491 g/mol. The number of carbonyl (C=O) groups excluding carboxylic acids is 1. The molecular formula is C23H25N9O4. The third kappa shape index (κ3) is 3.59. The van der Waals surface area contributed by atoms with Crippen molar-refractivity contribution in [3.8, 4) is 11.7 Å². The Balaban J connectivity index is 1.53. The number of imidazole rings is 1. The number of methoxy groups -OCH3 is 1. The van der Waals surface area contributed by atoms with Gasteiger partial charge < -0.3 is 24.4 Å². The first-order valence-corrected chi connectivity index (χ1v) is 11.6. The number of nitrogens with zero attached hydrogens (tertiary/aromatic N) is 8. The van der Waals surface area contributed by atoms with Crippen LogP contribution >= 0.6 is 0 Å². The number of hydrogen-bond acceptors (Lipinski definition) is 11. The second kappa shape index (κ2) is 8.75. The minimum absolute atomic E-state index is 0.0393. The van der Waals surface area contributed by atoms with E-state index in [0.717, 1.165) is 11.0 Å². The first kappa shape index (κ1) is 22.2. The van der Waals surface area contributed by atoms with Crippen LogP contribution in [-0.2, 0) is 16.0 Å². The highest BCUT2D eigenvalue weighted by atomic mass is 16.5. The molecule has 13 nitrogen and oxygen atoms in total. The number of ether oxygens (including phenoxy) is 3. The summed E-state index contributed by atoms with van der Waals surface area (Å²) in [5.74, 6) is 1.76. The lowest BCUT2D eigenvalue weighted by molar-refractivity contribution is 0.0483. The summed E-state index contributed by atoms with van der Waals surface area (Å²) in [4.78, 5) is 28.7. The van der Waals surface area contributed by atoms with E-state index >= 15 is 0 Å². The summed E-state index contributed by atoms with van der Waals surface area (Å²) in [6.45, 7) is 3.92. The predicted octanol–water partition coefficient (Wildman–Crippen LogP) is 1.27. The van der Waals surface area contributed by atoms with Gasteiger partial charge in [-0.1, -0.05) is 17.3 Å². The highest BCUT2D eigenvalue weighted by Crippen LogP contribution is 2.39. The molecule has 36 heavy (non-hydrogen) atoms. The summed E-state index contributed by atoms with van der Waals surface area (Å²) < 4.78 is 20.1. The minimum atomic E-state index is -0.559. The summed E-state index contributed by atoms with van der Waals surface area (Å²) in [6.07, 6.45) is 1.52. The van der Waals surface area contributed by atoms with Gasteiger partial charge in [-0.05, 0) is 19.1 Å². The van der Waals surface area contributed by atoms with E-state index in [2.05, 4.69) is 32.4 Å². The van der Waals surface area contributed by atoms with Gasteiger partial charge in [0.25, 0.3) is 0 Å². The standard InChI is InChI=1S/C23H25N9O4/c1-13-10-35-11-14-12-36-19-16(8-30-9-17(28-29-30)21(33)34-3)26-23(27-20(19)31(13)14)32-18-7-5-4-6-15(18)25-22(32)24-2/h4-7,9,13-14H,8,10-12H2,1-3H3,(H,24,25)/t13-,14?/m1/s1. The smallest absolute Gasteiger partial charge is 0.360 e. The lowest BCUT2D eigenvalue weighted by Crippen LogP contribution is -2.56. The van der Waals surface area contributed by atoms with Crippen LogP contribution in [0.4, 0.5) is 11.8 Å². The molecule has 0 spiro atoms. The number of para-hydroxylation sites is 2. The Labute approximate surface area is 206 Å². The molecule has 2 aliphatic rings. The van der Waals surface area contributed by atoms with Gasteiger partial charge in [0.15, 0.2) is 17.3 Å². The lowest BCUT2D eigenvalue weighted by Gasteiger charge is -2.44. The molecular weight excluding hydrogens is 466 g/mol. The molecule has 6 rings (SSSR count). The van der Waals surface area contributed by atoms with E-state index in [-0.39, 0.29) is 24.3 Å². The summed E-state index contributed by atoms with van der Waals surface area (Å²) in [7, 11) is 3.11. The number of fused-ring (bicyclic) bond motifs is 4. The molecule has 186 valence electrons. The molecule has 1 fully saturated rings. The summed E-state index contributed by atoms with van der Waals surface area (Å²) >= 11 is 0. The van der Waals surface area contributed by atoms with Crippen molar-refractivity contribution in [2.45, 2.75) is 25.6 Å². The molecule has 1 aromatic carbocycles. The van der Waals surface area contributed by atoms with E-state index in [9.17, 15) is 4.79 Å². The van der Waals surface area contributed by atoms with Crippen molar-refractivity contribution < 1.29 is 19.0 Å². The van der Waals surface area contributed by atoms with E-state index in [1.165, 1.54) is 18.0 Å². The molecule has 13 heteroatoms. The topological polar surface area (TPSA) is 134 Å². The maximum Gasteiger partial charge on any atom is 0.360 e. The summed E-state index contributed by atoms with van der Waals surface area (Å²) in [5, 5.41) is 11.2. The van der Waals surface area contributed by atoms with Gasteiger partial charge in [0.05, 0.1) is 56.2 Å². The van der Waals surface area contributed by atoms with Gasteiger partial charge in [-0.25, -0.2) is 24.0 Å². The Hall–Kier alpha value is -4.26. The second-order valence-corrected chi connectivity index (χ2v) is 8.68. The number of benzene rings is 1. The Morgan fingerprint density at radius 3 is 2.89 bits per heavy atom. The van der Waals surface area contributed by atoms with E-state index in [1.807, 2.05) is 35.9 Å². The lowest BCUT2D eigenvalue weighted by atomic mass is 10.1. The molecule has 3 aromatic heterocycles. The number of morpholine rings is 1. The fourth-order valence-corrected chi connectivity index (χ4v) is 4.71. The largest absolute Gasteiger partial charge is 0.486 e. The van der Waals surface area contributed by atoms with Crippen LogP contribution in [0.2, 0.25) is 0 Å². The number of aromatic nitrogens is 7. The Bertz CT molecular complexity index is 1450. The average Bonchev–Trinajstić information content (AvgIpc) is 3.52. The molecule has 0 amide bonds. The molecule has 0 aliphatic carbocycles. The van der Waals surface area contributed by atoms with Crippen molar-refractivity contribution in [1.29, 1.82) is 0 Å². The maximum atomic E-state index is 11.9. The van der Waals surface area contributed by atoms with E-state index in [1.54, 1.807) is 0 Å². The van der Waals surface area contributed by atoms with Gasteiger partial charge in [-0.2, -0.15) is 4.98 Å². The first-order chi connectivity index (χ1) is 17.6. The normalized spacial score (nSPS) is 18.9. The second-order valence-electron chi connectivity index (χ2n) is 8.68. The fourth-order valence-electron chi connectivity index (χ4n) is 4.71. The van der Waals surface area contributed by atoms with Crippen LogP contribution in [0.25, 0.3) is 17.0 Å². The highest BCUT2D eigenvalue weighted by Gasteiger charge is 2.38. The van der Waals surface area contributed by atoms with Crippen LogP contribution in [0.5, 0.6) is 5.75 Å². The number of rotatable bonds is 5. The number of esters is 1. The third-order valence-corrected chi connectivity index (χ3v) is 6.34. The Kier molecular flexibility index (Phi) is 5.40. The van der Waals surface area contributed by atoms with Crippen molar-refractivity contribution in [3.63, 3.8) is 0 Å². The molecule has 1 N–H and O–H groups in total. The number of hydrogen-bond donors (Lipinski definition) is 1. The molecule has 2 aliphatic heterocycles. The van der Waals surface area contributed by atoms with Crippen molar-refractivity contribution in [3.05, 3.63) is 41.9 Å². The number of nitrogens with one attached hydrogen (secondary N) is 1. The Morgan fingerprint density at radius 2 is 2.06 bits per heavy atom. The third-order valence-electron chi connectivity index (χ3n) is 6.34. The zero-order valence-electron chi connectivity index (χ0n) is 20.1. The first-order valence-electron chi connectivity index (χ1n) is 11.6. The van der Waals surface area contributed by atoms with Gasteiger partial charge in [0, 0.05) is 7.05 Å². The van der Waals surface area contributed by atoms with Crippen LogP contribution in [0.3, 0.4) is 0 Å². The molecule has 1 unspecified atom stereocenters. The molecule has 5 heterocycles. The quantitative estimate of drug-likeness (QED) is 0.404. The molecule has 1 saturated heterocycles. The van der Waals surface area contributed by atoms with Crippen LogP contribution in [0, 0.1) is 0 Å². The van der Waals surface area contributed by atoms with Gasteiger partial charge in [-0.3, -0.25) is 0 Å². The predicted molar refractivity (Wildman–Crippen MR) is 129 cm³/mol. The van der Waals surface area contributed by atoms with Crippen molar-refractivity contribution in [1.82, 2.24) is 34.5 Å². The van der Waals surface area contributed by atoms with Gasteiger partial charge >= 0.3 is 5.97 Å². The maximum absolute atomic E-state index is 11.9. The summed E-state index contributed by atoms with van der Waals surface area (Å²) in [6, 6.07) is 7.95. The SMILES string of the molecule is CNc1nc2ccccc2n1-c1nc(Cn2cc(C(=O)OC)nn2)c2c(n1)N1C(COC[C@H]1C)CO2. The van der Waals surface area contributed by atoms with Crippen LogP contribution in [-0.4, -0.2) is 86.5 Å². The number of carbonyl (C=O) groups is 1. The van der Waals surface area contributed by atoms with Crippen molar-refractivity contribution in [2.75, 3.05) is 44.2 Å².